The van der Waals surface area contributed by atoms with Crippen LogP contribution in [0, 0.1) is 0 Å². The number of hydrogen-bond donors (Lipinski definition) is 7. The molecule has 4 heterocycles. The molecule has 1 aliphatic carbocycles. The van der Waals surface area contributed by atoms with Gasteiger partial charge in [0.15, 0.2) is 17.2 Å². The van der Waals surface area contributed by atoms with E-state index in [1.54, 1.807) is 0 Å². The van der Waals surface area contributed by atoms with Crippen LogP contribution in [0.3, 0.4) is 0 Å². The number of fused-ring (bicyclic) bond motifs is 1. The summed E-state index contributed by atoms with van der Waals surface area (Å²) in [5.41, 5.74) is 0.258. The Morgan fingerprint density at radius 2 is 2.03 bits per heavy atom. The van der Waals surface area contributed by atoms with Crippen LogP contribution < -0.4 is 5.32 Å². The summed E-state index contributed by atoms with van der Waals surface area (Å²) in [6, 6.07) is 0.236. The number of nitrogens with zero attached hydrogens (tertiary/aromatic N) is 7. The average Bonchev–Trinajstić information content (AvgIpc) is 3.69. The second-order valence-corrected chi connectivity index (χ2v) is 11.9. The Labute approximate surface area is 226 Å². The van der Waals surface area contributed by atoms with Crippen molar-refractivity contribution in [1.82, 2.24) is 40.4 Å². The van der Waals surface area contributed by atoms with E-state index in [1.807, 2.05) is 0 Å². The number of halogens is 1. The number of aliphatic hydroxyl groups is 3. The van der Waals surface area contributed by atoms with Crippen molar-refractivity contribution in [3.63, 3.8) is 0 Å². The van der Waals surface area contributed by atoms with E-state index in [-0.39, 0.29) is 35.6 Å². The molecular weight excluding hydrogens is 561 g/mol. The van der Waals surface area contributed by atoms with Crippen molar-refractivity contribution in [1.29, 1.82) is 0 Å². The Morgan fingerprint density at radius 3 is 2.69 bits per heavy atom. The molecule has 0 bridgehead atoms. The molecule has 0 amide bonds. The molecule has 2 aliphatic rings. The summed E-state index contributed by atoms with van der Waals surface area (Å²) in [5, 5.41) is 50.2. The van der Waals surface area contributed by atoms with Gasteiger partial charge in [0.1, 0.15) is 30.0 Å². The number of aromatic amines is 1. The topological polar surface area (TPSA) is 247 Å². The largest absolute Gasteiger partial charge is 0.393 e. The van der Waals surface area contributed by atoms with Crippen molar-refractivity contribution in [2.75, 3.05) is 18.5 Å². The number of hydrogen-bond acceptors (Lipinski definition) is 13. The van der Waals surface area contributed by atoms with Gasteiger partial charge >= 0.3 is 7.60 Å². The van der Waals surface area contributed by atoms with E-state index in [4.69, 9.17) is 21.1 Å². The summed E-state index contributed by atoms with van der Waals surface area (Å²) in [6.07, 6.45) is -0.169. The number of aryl methyl sites for hydroxylation is 1. The lowest BCUT2D eigenvalue weighted by Crippen LogP contribution is -2.42. The summed E-state index contributed by atoms with van der Waals surface area (Å²) in [5.74, 6) is 0.720. The SMILES string of the molecule is O=P(O)(O)C(CO)(CCc1nnn[nH]1)OC[C@H]1O[C@@H](n2ncc3c(NC4CCCC4)nc(Cl)nc32)[C@H](O)[C@@H]1O. The van der Waals surface area contributed by atoms with Gasteiger partial charge in [-0.1, -0.05) is 12.8 Å². The number of ether oxygens (including phenoxy) is 2. The fraction of sp³-hybridized carbons (Fsp3) is 0.700. The van der Waals surface area contributed by atoms with Crippen LogP contribution in [-0.2, 0) is 20.5 Å². The van der Waals surface area contributed by atoms with E-state index in [0.717, 1.165) is 25.7 Å². The van der Waals surface area contributed by atoms with Crippen molar-refractivity contribution >= 4 is 36.0 Å². The molecule has 3 aromatic heterocycles. The number of nitrogens with one attached hydrogen (secondary N) is 2. The maximum Gasteiger partial charge on any atom is 0.359 e. The number of H-pyrrole nitrogens is 1. The number of anilines is 1. The van der Waals surface area contributed by atoms with Crippen molar-refractivity contribution in [3.8, 4) is 0 Å². The number of tetrazole rings is 1. The summed E-state index contributed by atoms with van der Waals surface area (Å²) < 4.78 is 25.0. The zero-order chi connectivity index (χ0) is 27.8. The molecule has 214 valence electrons. The molecule has 5 atom stereocenters. The van der Waals surface area contributed by atoms with Gasteiger partial charge in [-0.05, 0) is 41.3 Å². The summed E-state index contributed by atoms with van der Waals surface area (Å²) in [7, 11) is -5.05. The fourth-order valence-corrected chi connectivity index (χ4v) is 5.88. The minimum atomic E-state index is -5.05. The first-order valence-electron chi connectivity index (χ1n) is 12.3. The lowest BCUT2D eigenvalue weighted by atomic mass is 10.1. The van der Waals surface area contributed by atoms with Crippen LogP contribution >= 0.6 is 19.2 Å². The Kier molecular flexibility index (Phi) is 8.15. The molecule has 2 fully saturated rings. The summed E-state index contributed by atoms with van der Waals surface area (Å²) in [4.78, 5) is 28.5. The third-order valence-electron chi connectivity index (χ3n) is 7.14. The molecule has 1 saturated heterocycles. The minimum Gasteiger partial charge on any atom is -0.393 e. The Bertz CT molecular complexity index is 1320. The second kappa shape index (κ2) is 11.3. The van der Waals surface area contributed by atoms with Gasteiger partial charge in [-0.15, -0.1) is 5.10 Å². The Balaban J connectivity index is 1.34. The van der Waals surface area contributed by atoms with Gasteiger partial charge in [0, 0.05) is 12.5 Å². The normalized spacial score (nSPS) is 25.9. The third kappa shape index (κ3) is 5.64. The molecule has 1 aliphatic heterocycles. The van der Waals surface area contributed by atoms with Gasteiger partial charge in [0.05, 0.1) is 24.8 Å². The highest BCUT2D eigenvalue weighted by molar-refractivity contribution is 7.53. The van der Waals surface area contributed by atoms with Crippen molar-refractivity contribution < 1.29 is 39.1 Å². The van der Waals surface area contributed by atoms with E-state index in [0.29, 0.717) is 11.2 Å². The first-order chi connectivity index (χ1) is 18.6. The highest BCUT2D eigenvalue weighted by Crippen LogP contribution is 2.53. The average molecular weight is 590 g/mol. The van der Waals surface area contributed by atoms with Crippen LogP contribution in [0.25, 0.3) is 11.0 Å². The molecule has 1 unspecified atom stereocenters. The predicted octanol–water partition coefficient (Wildman–Crippen LogP) is -0.518. The van der Waals surface area contributed by atoms with E-state index < -0.39 is 50.7 Å². The van der Waals surface area contributed by atoms with Gasteiger partial charge in [-0.3, -0.25) is 4.57 Å². The number of aliphatic hydroxyl groups excluding tert-OH is 3. The van der Waals surface area contributed by atoms with E-state index in [2.05, 4.69) is 41.0 Å². The third-order valence-corrected chi connectivity index (χ3v) is 8.86. The lowest BCUT2D eigenvalue weighted by Gasteiger charge is -2.33. The molecule has 17 nitrogen and oxygen atoms in total. The highest BCUT2D eigenvalue weighted by atomic mass is 35.5. The van der Waals surface area contributed by atoms with Gasteiger partial charge < -0.3 is 39.9 Å². The van der Waals surface area contributed by atoms with Crippen molar-refractivity contribution in [3.05, 3.63) is 17.3 Å². The minimum absolute atomic E-state index is 0.0467. The smallest absolute Gasteiger partial charge is 0.359 e. The first kappa shape index (κ1) is 28.2. The van der Waals surface area contributed by atoms with Crippen molar-refractivity contribution in [2.24, 2.45) is 0 Å². The van der Waals surface area contributed by atoms with Crippen LogP contribution in [0.5, 0.6) is 0 Å². The van der Waals surface area contributed by atoms with Crippen molar-refractivity contribution in [2.45, 2.75) is 74.4 Å². The van der Waals surface area contributed by atoms with Gasteiger partial charge in [0.25, 0.3) is 0 Å². The van der Waals surface area contributed by atoms with Crippen LogP contribution in [0.2, 0.25) is 5.28 Å². The molecule has 0 spiro atoms. The zero-order valence-electron chi connectivity index (χ0n) is 20.5. The molecule has 3 aromatic rings. The molecule has 19 heteroatoms. The monoisotopic (exact) mass is 589 g/mol. The maximum absolute atomic E-state index is 12.3. The van der Waals surface area contributed by atoms with Crippen LogP contribution in [0.1, 0.15) is 44.2 Å². The number of aromatic nitrogens is 8. The standard InChI is InChI=1S/C20H29ClN9O8P/c21-19-24-16(23-10-3-1-2-4-10)11-7-22-30(17(11)25-19)18-15(33)14(32)12(38-18)8-37-20(9-31,39(34,35)36)6-5-13-26-28-29-27-13/h7,10,12,14-15,18,31-33H,1-6,8-9H2,(H,23,24,25)(H2,34,35,36)(H,26,27,28,29)/t12-,14-,15-,18-,20?/m1/s1. The quantitative estimate of drug-likeness (QED) is 0.110. The fourth-order valence-electron chi connectivity index (χ4n) is 4.88. The van der Waals surface area contributed by atoms with Gasteiger partial charge in [-0.2, -0.15) is 15.1 Å². The summed E-state index contributed by atoms with van der Waals surface area (Å²) >= 11 is 6.18. The Hall–Kier alpha value is -2.34. The maximum atomic E-state index is 12.3. The molecular formula is C20H29ClN9O8P. The predicted molar refractivity (Wildman–Crippen MR) is 132 cm³/mol. The molecule has 5 rings (SSSR count). The molecule has 1 saturated carbocycles. The van der Waals surface area contributed by atoms with Crippen LogP contribution in [0.15, 0.2) is 6.20 Å². The van der Waals surface area contributed by atoms with Gasteiger partial charge in [-0.25, -0.2) is 9.78 Å². The molecule has 0 aromatic carbocycles. The second-order valence-electron chi connectivity index (χ2n) is 9.65. The van der Waals surface area contributed by atoms with E-state index in [1.165, 1.54) is 10.9 Å². The highest BCUT2D eigenvalue weighted by Gasteiger charge is 2.51. The first-order valence-corrected chi connectivity index (χ1v) is 14.3. The molecule has 39 heavy (non-hydrogen) atoms. The van der Waals surface area contributed by atoms with Crippen LogP contribution in [0.4, 0.5) is 5.82 Å². The summed E-state index contributed by atoms with van der Waals surface area (Å²) in [6.45, 7) is -1.61. The van der Waals surface area contributed by atoms with E-state index >= 15 is 0 Å². The van der Waals surface area contributed by atoms with Crippen LogP contribution in [-0.4, -0.2) is 108 Å². The lowest BCUT2D eigenvalue weighted by molar-refractivity contribution is -0.111. The molecule has 7 N–H and O–H groups in total. The number of rotatable bonds is 11. The van der Waals surface area contributed by atoms with Gasteiger partial charge in [0.2, 0.25) is 5.28 Å². The van der Waals surface area contributed by atoms with E-state index in [9.17, 15) is 29.7 Å². The molecule has 0 radical (unpaired) electrons. The Morgan fingerprint density at radius 1 is 1.26 bits per heavy atom. The zero-order valence-corrected chi connectivity index (χ0v) is 22.2.